The van der Waals surface area contributed by atoms with Crippen molar-refractivity contribution in [3.63, 3.8) is 0 Å². The lowest BCUT2D eigenvalue weighted by Gasteiger charge is -2.28. The van der Waals surface area contributed by atoms with Gasteiger partial charge in [-0.3, -0.25) is 14.5 Å². The Morgan fingerprint density at radius 3 is 2.69 bits per heavy atom. The van der Waals surface area contributed by atoms with Gasteiger partial charge in [0.15, 0.2) is 0 Å². The van der Waals surface area contributed by atoms with Crippen molar-refractivity contribution in [1.82, 2.24) is 4.90 Å². The van der Waals surface area contributed by atoms with Crippen molar-refractivity contribution in [1.29, 1.82) is 0 Å². The Morgan fingerprint density at radius 2 is 2.04 bits per heavy atom. The van der Waals surface area contributed by atoms with Gasteiger partial charge >= 0.3 is 0 Å². The van der Waals surface area contributed by atoms with E-state index in [1.54, 1.807) is 23.5 Å². The summed E-state index contributed by atoms with van der Waals surface area (Å²) in [6.45, 7) is 1.31. The first-order valence-corrected chi connectivity index (χ1v) is 9.59. The van der Waals surface area contributed by atoms with E-state index in [9.17, 15) is 14.0 Å². The lowest BCUT2D eigenvalue weighted by molar-refractivity contribution is -0.120. The van der Waals surface area contributed by atoms with Gasteiger partial charge < -0.3 is 10.6 Å². The number of anilines is 1. The van der Waals surface area contributed by atoms with Gasteiger partial charge in [0.25, 0.3) is 0 Å². The summed E-state index contributed by atoms with van der Waals surface area (Å²) in [4.78, 5) is 27.8. The molecule has 2 amide bonds. The second-order valence-electron chi connectivity index (χ2n) is 6.42. The number of carbonyl (C=O) groups is 2. The summed E-state index contributed by atoms with van der Waals surface area (Å²) in [6, 6.07) is 8.07. The highest BCUT2D eigenvalue weighted by Crippen LogP contribution is 2.33. The number of primary amides is 1. The van der Waals surface area contributed by atoms with E-state index in [4.69, 9.17) is 5.73 Å². The maximum Gasteiger partial charge on any atom is 0.241 e. The third-order valence-corrected chi connectivity index (χ3v) is 5.35. The fraction of sp³-hybridized carbons (Fsp3) is 0.368. The van der Waals surface area contributed by atoms with Gasteiger partial charge in [0.2, 0.25) is 11.8 Å². The first-order chi connectivity index (χ1) is 12.5. The highest BCUT2D eigenvalue weighted by Gasteiger charge is 2.29. The van der Waals surface area contributed by atoms with Crippen LogP contribution < -0.4 is 10.6 Å². The van der Waals surface area contributed by atoms with Crippen molar-refractivity contribution in [2.24, 2.45) is 5.73 Å². The van der Waals surface area contributed by atoms with Gasteiger partial charge in [0.05, 0.1) is 6.54 Å². The molecule has 2 N–H and O–H groups in total. The summed E-state index contributed by atoms with van der Waals surface area (Å²) in [6.07, 6.45) is 2.14. The van der Waals surface area contributed by atoms with E-state index in [1.165, 1.54) is 22.6 Å². The van der Waals surface area contributed by atoms with Crippen LogP contribution in [-0.2, 0) is 9.59 Å². The highest BCUT2D eigenvalue weighted by atomic mass is 32.1. The number of hydrogen-bond donors (Lipinski definition) is 1. The van der Waals surface area contributed by atoms with Gasteiger partial charge in [-0.05, 0) is 66.0 Å². The first-order valence-electron chi connectivity index (χ1n) is 8.65. The summed E-state index contributed by atoms with van der Waals surface area (Å²) in [7, 11) is 0. The van der Waals surface area contributed by atoms with Crippen LogP contribution in [0.4, 0.5) is 10.1 Å². The average molecular weight is 375 g/mol. The minimum atomic E-state index is -0.470. The number of hydrogen-bond acceptors (Lipinski definition) is 4. The Bertz CT molecular complexity index is 749. The number of thiophene rings is 1. The van der Waals surface area contributed by atoms with E-state index in [0.29, 0.717) is 5.69 Å². The molecule has 0 radical (unpaired) electrons. The van der Waals surface area contributed by atoms with E-state index < -0.39 is 5.91 Å². The number of carbonyl (C=O) groups excluding carboxylic acids is 2. The average Bonchev–Trinajstić information content (AvgIpc) is 3.27. The number of likely N-dealkylation sites (tertiary alicyclic amines) is 1. The summed E-state index contributed by atoms with van der Waals surface area (Å²) in [5, 5.41) is 4.17. The van der Waals surface area contributed by atoms with Gasteiger partial charge in [-0.1, -0.05) is 0 Å². The van der Waals surface area contributed by atoms with Gasteiger partial charge in [-0.25, -0.2) is 4.39 Å². The van der Waals surface area contributed by atoms with Crippen LogP contribution in [0, 0.1) is 5.82 Å². The van der Waals surface area contributed by atoms with Crippen LogP contribution in [0.15, 0.2) is 41.1 Å². The molecule has 1 atom stereocenters. The van der Waals surface area contributed by atoms with Crippen LogP contribution in [0.1, 0.15) is 30.9 Å². The zero-order valence-corrected chi connectivity index (χ0v) is 15.3. The molecular formula is C19H22FN3O2S. The molecule has 1 aromatic carbocycles. The molecule has 5 nitrogen and oxygen atoms in total. The third kappa shape index (κ3) is 4.47. The van der Waals surface area contributed by atoms with E-state index in [-0.39, 0.29) is 37.3 Å². The monoisotopic (exact) mass is 375 g/mol. The molecule has 2 heterocycles. The second-order valence-corrected chi connectivity index (χ2v) is 7.20. The number of nitrogens with two attached hydrogens (primary N) is 1. The van der Waals surface area contributed by atoms with Crippen molar-refractivity contribution in [3.05, 3.63) is 52.5 Å². The van der Waals surface area contributed by atoms with E-state index in [2.05, 4.69) is 16.3 Å². The summed E-state index contributed by atoms with van der Waals surface area (Å²) in [5.74, 6) is -0.949. The molecule has 0 aliphatic carbocycles. The van der Waals surface area contributed by atoms with Crippen molar-refractivity contribution < 1.29 is 14.0 Å². The van der Waals surface area contributed by atoms with E-state index in [0.717, 1.165) is 19.4 Å². The fourth-order valence-electron chi connectivity index (χ4n) is 3.36. The zero-order valence-electron chi connectivity index (χ0n) is 14.4. The van der Waals surface area contributed by atoms with E-state index >= 15 is 0 Å². The van der Waals surface area contributed by atoms with Gasteiger partial charge in [-0.15, -0.1) is 0 Å². The molecule has 26 heavy (non-hydrogen) atoms. The SMILES string of the molecule is NC(=O)CCN(C(=O)CN1CCCC1c1ccsc1)c1ccc(F)cc1. The molecule has 1 saturated heterocycles. The molecule has 0 saturated carbocycles. The molecule has 2 aromatic rings. The van der Waals surface area contributed by atoms with Crippen LogP contribution >= 0.6 is 11.3 Å². The summed E-state index contributed by atoms with van der Waals surface area (Å²) >= 11 is 1.65. The predicted octanol–water partition coefficient (Wildman–Crippen LogP) is 2.93. The van der Waals surface area contributed by atoms with Crippen LogP contribution in [0.25, 0.3) is 0 Å². The minimum absolute atomic E-state index is 0.0665. The molecule has 0 spiro atoms. The molecule has 7 heteroatoms. The van der Waals surface area contributed by atoms with Crippen molar-refractivity contribution in [2.75, 3.05) is 24.5 Å². The highest BCUT2D eigenvalue weighted by molar-refractivity contribution is 7.07. The molecular weight excluding hydrogens is 353 g/mol. The van der Waals surface area contributed by atoms with E-state index in [1.807, 2.05) is 5.38 Å². The molecule has 0 bridgehead atoms. The quantitative estimate of drug-likeness (QED) is 0.809. The van der Waals surface area contributed by atoms with Crippen molar-refractivity contribution in [2.45, 2.75) is 25.3 Å². The predicted molar refractivity (Wildman–Crippen MR) is 100 cm³/mol. The number of halogens is 1. The van der Waals surface area contributed by atoms with Crippen molar-refractivity contribution >= 4 is 28.8 Å². The second kappa shape index (κ2) is 8.42. The Hall–Kier alpha value is -2.25. The van der Waals surface area contributed by atoms with Crippen molar-refractivity contribution in [3.8, 4) is 0 Å². The molecule has 3 rings (SSSR count). The van der Waals surface area contributed by atoms with Crippen LogP contribution in [-0.4, -0.2) is 36.3 Å². The number of benzene rings is 1. The lowest BCUT2D eigenvalue weighted by atomic mass is 10.1. The summed E-state index contributed by atoms with van der Waals surface area (Å²) in [5.41, 5.74) is 7.06. The maximum atomic E-state index is 13.2. The number of rotatable bonds is 7. The number of amides is 2. The molecule has 1 aliphatic heterocycles. The van der Waals surface area contributed by atoms with Crippen LogP contribution in [0.3, 0.4) is 0 Å². The molecule has 1 aliphatic rings. The molecule has 1 aromatic heterocycles. The van der Waals surface area contributed by atoms with Gasteiger partial charge in [-0.2, -0.15) is 11.3 Å². The largest absolute Gasteiger partial charge is 0.370 e. The molecule has 138 valence electrons. The van der Waals surface area contributed by atoms with Crippen LogP contribution in [0.5, 0.6) is 0 Å². The summed E-state index contributed by atoms with van der Waals surface area (Å²) < 4.78 is 13.2. The number of nitrogens with zero attached hydrogens (tertiary/aromatic N) is 2. The maximum absolute atomic E-state index is 13.2. The lowest BCUT2D eigenvalue weighted by Crippen LogP contribution is -2.41. The molecule has 1 unspecified atom stereocenters. The molecule has 1 fully saturated rings. The Labute approximate surface area is 156 Å². The zero-order chi connectivity index (χ0) is 18.5. The van der Waals surface area contributed by atoms with Gasteiger partial charge in [0.1, 0.15) is 5.82 Å². The normalized spacial score (nSPS) is 17.3. The topological polar surface area (TPSA) is 66.6 Å². The Morgan fingerprint density at radius 1 is 1.27 bits per heavy atom. The smallest absolute Gasteiger partial charge is 0.241 e. The standard InChI is InChI=1S/C19H22FN3O2S/c20-15-3-5-16(6-4-15)23(10-7-18(21)24)19(25)12-22-9-1-2-17(22)14-8-11-26-13-14/h3-6,8,11,13,17H,1-2,7,9-10,12H2,(H2,21,24). The van der Waals surface area contributed by atoms with Crippen LogP contribution in [0.2, 0.25) is 0 Å². The Kier molecular flexibility index (Phi) is 6.00. The third-order valence-electron chi connectivity index (χ3n) is 4.65. The van der Waals surface area contributed by atoms with Gasteiger partial charge in [0, 0.05) is 24.7 Å². The fourth-order valence-corrected chi connectivity index (χ4v) is 4.06. The first kappa shape index (κ1) is 18.5. The Balaban J connectivity index is 1.74. The minimum Gasteiger partial charge on any atom is -0.370 e.